The quantitative estimate of drug-likeness (QED) is 0.898. The molecule has 0 aliphatic carbocycles. The molecule has 20 heavy (non-hydrogen) atoms. The lowest BCUT2D eigenvalue weighted by molar-refractivity contribution is -0.139. The Labute approximate surface area is 126 Å². The number of ether oxygens (including phenoxy) is 1. The van der Waals surface area contributed by atoms with E-state index in [1.165, 1.54) is 0 Å². The van der Waals surface area contributed by atoms with Gasteiger partial charge in [0.2, 0.25) is 0 Å². The third kappa shape index (κ3) is 3.61. The first-order valence-corrected chi connectivity index (χ1v) is 7.04. The van der Waals surface area contributed by atoms with Crippen molar-refractivity contribution in [3.63, 3.8) is 0 Å². The highest BCUT2D eigenvalue weighted by Gasteiger charge is 2.20. The molecule has 0 fully saturated rings. The van der Waals surface area contributed by atoms with Crippen molar-refractivity contribution < 1.29 is 14.6 Å². The number of rotatable bonds is 5. The average molecular weight is 335 g/mol. The van der Waals surface area contributed by atoms with Crippen LogP contribution in [0.25, 0.3) is 0 Å². The smallest absolute Gasteiger partial charge is 0.314 e. The van der Waals surface area contributed by atoms with Gasteiger partial charge in [-0.2, -0.15) is 0 Å². The fourth-order valence-corrected chi connectivity index (χ4v) is 2.24. The van der Waals surface area contributed by atoms with Gasteiger partial charge in [0.1, 0.15) is 18.3 Å². The molecule has 1 N–H and O–H groups in total. The number of hydrogen-bond donors (Lipinski definition) is 1. The van der Waals surface area contributed by atoms with Crippen molar-refractivity contribution in [1.82, 2.24) is 0 Å². The number of aryl methyl sites for hydroxylation is 1. The van der Waals surface area contributed by atoms with Crippen LogP contribution in [-0.2, 0) is 4.79 Å². The lowest BCUT2D eigenvalue weighted by Crippen LogP contribution is -2.19. The molecule has 4 heteroatoms. The largest absolute Gasteiger partial charge is 0.492 e. The van der Waals surface area contributed by atoms with E-state index in [0.29, 0.717) is 5.75 Å². The van der Waals surface area contributed by atoms with E-state index in [-0.39, 0.29) is 6.61 Å². The molecule has 3 nitrogen and oxygen atoms in total. The summed E-state index contributed by atoms with van der Waals surface area (Å²) in [4.78, 5) is 11.4. The summed E-state index contributed by atoms with van der Waals surface area (Å²) in [6.07, 6.45) is 0. The van der Waals surface area contributed by atoms with Crippen molar-refractivity contribution in [1.29, 1.82) is 0 Å². The maximum absolute atomic E-state index is 11.4. The second-order valence-electron chi connectivity index (χ2n) is 4.52. The second-order valence-corrected chi connectivity index (χ2v) is 5.44. The van der Waals surface area contributed by atoms with Gasteiger partial charge >= 0.3 is 5.97 Å². The Morgan fingerprint density at radius 1 is 1.25 bits per heavy atom. The van der Waals surface area contributed by atoms with Crippen LogP contribution in [0, 0.1) is 6.92 Å². The van der Waals surface area contributed by atoms with Crippen molar-refractivity contribution in [2.75, 3.05) is 6.61 Å². The first-order chi connectivity index (χ1) is 9.58. The molecular formula is C16H15BrO3. The van der Waals surface area contributed by atoms with Gasteiger partial charge in [0.25, 0.3) is 0 Å². The molecule has 0 aromatic heterocycles. The van der Waals surface area contributed by atoms with Gasteiger partial charge in [-0.1, -0.05) is 52.3 Å². The summed E-state index contributed by atoms with van der Waals surface area (Å²) in [5, 5.41) is 9.34. The van der Waals surface area contributed by atoms with Crippen LogP contribution in [0.15, 0.2) is 53.0 Å². The van der Waals surface area contributed by atoms with Crippen LogP contribution in [0.5, 0.6) is 5.75 Å². The average Bonchev–Trinajstić information content (AvgIpc) is 2.43. The third-order valence-electron chi connectivity index (χ3n) is 3.06. The molecule has 0 aliphatic rings. The predicted octanol–water partition coefficient (Wildman–Crippen LogP) is 4.00. The van der Waals surface area contributed by atoms with Crippen LogP contribution in [0.3, 0.4) is 0 Å². The summed E-state index contributed by atoms with van der Waals surface area (Å²) in [7, 11) is 0. The van der Waals surface area contributed by atoms with E-state index in [1.807, 2.05) is 43.3 Å². The van der Waals surface area contributed by atoms with Crippen LogP contribution in [0.4, 0.5) is 0 Å². The van der Waals surface area contributed by atoms with Crippen LogP contribution in [-0.4, -0.2) is 17.7 Å². The molecule has 2 aromatic rings. The number of carboxylic acids is 1. The number of benzene rings is 2. The molecule has 0 saturated heterocycles. The lowest BCUT2D eigenvalue weighted by atomic mass is 10.0. The number of carboxylic acid groups (broad SMARTS) is 1. The van der Waals surface area contributed by atoms with Gasteiger partial charge in [-0.05, 0) is 30.2 Å². The summed E-state index contributed by atoms with van der Waals surface area (Å²) < 4.78 is 6.59. The zero-order valence-corrected chi connectivity index (χ0v) is 12.6. The Bertz CT molecular complexity index is 596. The summed E-state index contributed by atoms with van der Waals surface area (Å²) in [6, 6.07) is 14.8. The standard InChI is InChI=1S/C16H15BrO3/c1-11-7-8-13(17)9-15(11)20-10-14(16(18)19)12-5-3-2-4-6-12/h2-9,14H,10H2,1H3,(H,18,19). The van der Waals surface area contributed by atoms with Crippen molar-refractivity contribution in [3.8, 4) is 5.75 Å². The highest BCUT2D eigenvalue weighted by molar-refractivity contribution is 9.10. The van der Waals surface area contributed by atoms with Gasteiger partial charge in [-0.3, -0.25) is 4.79 Å². The van der Waals surface area contributed by atoms with E-state index in [1.54, 1.807) is 12.1 Å². The predicted molar refractivity (Wildman–Crippen MR) is 81.2 cm³/mol. The highest BCUT2D eigenvalue weighted by atomic mass is 79.9. The Kier molecular flexibility index (Phi) is 4.79. The van der Waals surface area contributed by atoms with Gasteiger partial charge in [0.15, 0.2) is 0 Å². The van der Waals surface area contributed by atoms with Crippen LogP contribution >= 0.6 is 15.9 Å². The molecule has 0 radical (unpaired) electrons. The molecule has 0 heterocycles. The maximum atomic E-state index is 11.4. The van der Waals surface area contributed by atoms with E-state index in [2.05, 4.69) is 15.9 Å². The monoisotopic (exact) mass is 334 g/mol. The van der Waals surface area contributed by atoms with E-state index < -0.39 is 11.9 Å². The summed E-state index contributed by atoms with van der Waals surface area (Å²) in [6.45, 7) is 2.04. The zero-order chi connectivity index (χ0) is 14.5. The molecule has 1 atom stereocenters. The number of carbonyl (C=O) groups is 1. The number of halogens is 1. The van der Waals surface area contributed by atoms with Gasteiger partial charge in [-0.25, -0.2) is 0 Å². The normalized spacial score (nSPS) is 11.9. The SMILES string of the molecule is Cc1ccc(Br)cc1OCC(C(=O)O)c1ccccc1. The molecule has 0 amide bonds. The number of aliphatic carboxylic acids is 1. The first kappa shape index (κ1) is 14.6. The van der Waals surface area contributed by atoms with Crippen molar-refractivity contribution >= 4 is 21.9 Å². The van der Waals surface area contributed by atoms with E-state index in [0.717, 1.165) is 15.6 Å². The van der Waals surface area contributed by atoms with E-state index in [9.17, 15) is 9.90 Å². The Morgan fingerprint density at radius 2 is 1.95 bits per heavy atom. The maximum Gasteiger partial charge on any atom is 0.314 e. The summed E-state index contributed by atoms with van der Waals surface area (Å²) in [5.74, 6) is -0.861. The minimum absolute atomic E-state index is 0.108. The van der Waals surface area contributed by atoms with Crippen molar-refractivity contribution in [2.24, 2.45) is 0 Å². The Balaban J connectivity index is 2.14. The molecule has 2 rings (SSSR count). The summed E-state index contributed by atoms with van der Waals surface area (Å²) >= 11 is 3.38. The van der Waals surface area contributed by atoms with Crippen LogP contribution in [0.1, 0.15) is 17.0 Å². The van der Waals surface area contributed by atoms with Gasteiger partial charge in [0.05, 0.1) is 0 Å². The molecule has 0 saturated carbocycles. The minimum Gasteiger partial charge on any atom is -0.492 e. The minimum atomic E-state index is -0.885. The molecule has 0 spiro atoms. The van der Waals surface area contributed by atoms with Gasteiger partial charge in [-0.15, -0.1) is 0 Å². The van der Waals surface area contributed by atoms with E-state index in [4.69, 9.17) is 4.74 Å². The fourth-order valence-electron chi connectivity index (χ4n) is 1.90. The van der Waals surface area contributed by atoms with Gasteiger partial charge < -0.3 is 9.84 Å². The lowest BCUT2D eigenvalue weighted by Gasteiger charge is -2.15. The second kappa shape index (κ2) is 6.57. The van der Waals surface area contributed by atoms with E-state index >= 15 is 0 Å². The molecular weight excluding hydrogens is 320 g/mol. The molecule has 1 unspecified atom stereocenters. The molecule has 0 bridgehead atoms. The third-order valence-corrected chi connectivity index (χ3v) is 3.55. The summed E-state index contributed by atoms with van der Waals surface area (Å²) in [5.41, 5.74) is 1.72. The number of hydrogen-bond acceptors (Lipinski definition) is 2. The van der Waals surface area contributed by atoms with Crippen LogP contribution < -0.4 is 4.74 Å². The molecule has 0 aliphatic heterocycles. The Morgan fingerprint density at radius 3 is 2.60 bits per heavy atom. The first-order valence-electron chi connectivity index (χ1n) is 6.24. The molecule has 104 valence electrons. The Hall–Kier alpha value is -1.81. The topological polar surface area (TPSA) is 46.5 Å². The van der Waals surface area contributed by atoms with Crippen LogP contribution in [0.2, 0.25) is 0 Å². The zero-order valence-electron chi connectivity index (χ0n) is 11.0. The molecule has 2 aromatic carbocycles. The van der Waals surface area contributed by atoms with Crippen molar-refractivity contribution in [3.05, 3.63) is 64.1 Å². The van der Waals surface area contributed by atoms with Gasteiger partial charge in [0, 0.05) is 4.47 Å². The van der Waals surface area contributed by atoms with Crippen molar-refractivity contribution in [2.45, 2.75) is 12.8 Å². The fraction of sp³-hybridized carbons (Fsp3) is 0.188. The highest BCUT2D eigenvalue weighted by Crippen LogP contribution is 2.25.